The van der Waals surface area contributed by atoms with Crippen LogP contribution in [-0.2, 0) is 25.7 Å². The monoisotopic (exact) mass is 568 g/mol. The maximum atomic E-state index is 14.1. The Balaban J connectivity index is 2.46. The molecule has 224 valence electrons. The molecule has 0 aliphatic carbocycles. The van der Waals surface area contributed by atoms with Crippen LogP contribution in [0.5, 0.6) is 5.75 Å². The maximum absolute atomic E-state index is 14.1. The van der Waals surface area contributed by atoms with E-state index in [-0.39, 0.29) is 18.8 Å². The molecule has 2 atom stereocenters. The molecule has 0 aromatic heterocycles. The number of nitrogens with zero attached hydrogens (tertiary/aromatic N) is 1. The first-order valence-electron chi connectivity index (χ1n) is 14.1. The van der Waals surface area contributed by atoms with Gasteiger partial charge >= 0.3 is 6.09 Å². The highest BCUT2D eigenvalue weighted by Crippen LogP contribution is 2.26. The van der Waals surface area contributed by atoms with Gasteiger partial charge in [0, 0.05) is 13.1 Å². The molecule has 0 saturated heterocycles. The largest absolute Gasteiger partial charge is 0.508 e. The Hall–Kier alpha value is -4.08. The molecule has 0 aliphatic heterocycles. The van der Waals surface area contributed by atoms with Gasteiger partial charge in [-0.15, -0.1) is 0 Å². The van der Waals surface area contributed by atoms with Crippen molar-refractivity contribution in [2.75, 3.05) is 6.54 Å². The van der Waals surface area contributed by atoms with Crippen LogP contribution in [0, 0.1) is 0 Å². The Morgan fingerprint density at radius 2 is 1.59 bits per heavy atom. The van der Waals surface area contributed by atoms with Crippen LogP contribution in [-0.4, -0.2) is 52.0 Å². The van der Waals surface area contributed by atoms with E-state index >= 15 is 0 Å². The molecule has 0 fully saturated rings. The summed E-state index contributed by atoms with van der Waals surface area (Å²) in [6, 6.07) is 12.9. The van der Waals surface area contributed by atoms with E-state index in [0.29, 0.717) is 12.0 Å². The zero-order valence-corrected chi connectivity index (χ0v) is 24.5. The summed E-state index contributed by atoms with van der Waals surface area (Å²) in [5.74, 6) is -1.88. The summed E-state index contributed by atoms with van der Waals surface area (Å²) < 4.78 is 5.32. The highest BCUT2D eigenvalue weighted by molar-refractivity contribution is 5.94. The molecule has 10 heteroatoms. The fraction of sp³-hybridized carbons (Fsp3) is 0.484. The van der Waals surface area contributed by atoms with E-state index in [1.165, 1.54) is 17.0 Å². The van der Waals surface area contributed by atoms with Gasteiger partial charge in [0.1, 0.15) is 23.4 Å². The number of nitrogens with two attached hydrogens (primary N) is 1. The number of carbonyl (C=O) groups excluding carboxylic acids is 4. The number of hydrogen-bond donors (Lipinski definition) is 4. The molecule has 10 nitrogen and oxygen atoms in total. The Morgan fingerprint density at radius 1 is 0.951 bits per heavy atom. The number of alkyl carbamates (subject to hydrolysis) is 1. The van der Waals surface area contributed by atoms with Crippen molar-refractivity contribution in [2.45, 2.75) is 90.4 Å². The minimum absolute atomic E-state index is 0.00725. The first-order valence-corrected chi connectivity index (χ1v) is 14.1. The number of carbonyl (C=O) groups is 4. The third kappa shape index (κ3) is 11.9. The lowest BCUT2D eigenvalue weighted by Crippen LogP contribution is -2.54. The van der Waals surface area contributed by atoms with Gasteiger partial charge in [-0.05, 0) is 50.5 Å². The zero-order valence-electron chi connectivity index (χ0n) is 24.5. The van der Waals surface area contributed by atoms with E-state index < -0.39 is 47.9 Å². The van der Waals surface area contributed by atoms with E-state index in [1.54, 1.807) is 32.9 Å². The summed E-state index contributed by atoms with van der Waals surface area (Å²) >= 11 is 0. The second-order valence-electron chi connectivity index (χ2n) is 11.0. The van der Waals surface area contributed by atoms with Crippen molar-refractivity contribution in [3.8, 4) is 5.75 Å². The lowest BCUT2D eigenvalue weighted by Gasteiger charge is -2.34. The van der Waals surface area contributed by atoms with Gasteiger partial charge < -0.3 is 31.1 Å². The lowest BCUT2D eigenvalue weighted by molar-refractivity contribution is -0.143. The maximum Gasteiger partial charge on any atom is 0.408 e. The highest BCUT2D eigenvalue weighted by atomic mass is 16.6. The summed E-state index contributed by atoms with van der Waals surface area (Å²) in [4.78, 5) is 53.8. The minimum atomic E-state index is -1.35. The van der Waals surface area contributed by atoms with Crippen LogP contribution in [0.25, 0.3) is 0 Å². The van der Waals surface area contributed by atoms with Crippen LogP contribution in [0.2, 0.25) is 0 Å². The molecular weight excluding hydrogens is 524 g/mol. The van der Waals surface area contributed by atoms with Crippen LogP contribution in [0.4, 0.5) is 4.79 Å². The normalized spacial score (nSPS) is 12.6. The molecule has 2 aromatic carbocycles. The predicted molar refractivity (Wildman–Crippen MR) is 157 cm³/mol. The molecule has 2 unspecified atom stereocenters. The lowest BCUT2D eigenvalue weighted by atomic mass is 10.0. The number of primary amides is 1. The van der Waals surface area contributed by atoms with Gasteiger partial charge in [0.05, 0.1) is 6.42 Å². The number of nitrogens with one attached hydrogen (secondary N) is 2. The van der Waals surface area contributed by atoms with Gasteiger partial charge in [-0.3, -0.25) is 14.4 Å². The summed E-state index contributed by atoms with van der Waals surface area (Å²) in [6.45, 7) is 7.56. The van der Waals surface area contributed by atoms with Gasteiger partial charge in [-0.2, -0.15) is 0 Å². The molecule has 0 bridgehead atoms. The third-order valence-electron chi connectivity index (χ3n) is 6.26. The third-order valence-corrected chi connectivity index (χ3v) is 6.26. The molecule has 2 aromatic rings. The van der Waals surface area contributed by atoms with Gasteiger partial charge in [-0.25, -0.2) is 4.79 Å². The Labute approximate surface area is 242 Å². The smallest absolute Gasteiger partial charge is 0.408 e. The van der Waals surface area contributed by atoms with Crippen LogP contribution in [0.15, 0.2) is 54.6 Å². The average Bonchev–Trinajstić information content (AvgIpc) is 2.90. The standard InChI is InChI=1S/C31H44N4O6/c1-5-6-7-8-12-19-35(29(39)25(20-26(32)37)34-30(40)41-31(2,3)4)27(23-15-17-24(36)18-16-23)28(38)33-21-22-13-10-9-11-14-22/h9-11,13-18,25,27,36H,5-8,12,19-21H2,1-4H3,(H2,32,37)(H,33,38)(H,34,40). The second kappa shape index (κ2) is 16.2. The van der Waals surface area contributed by atoms with Crippen molar-refractivity contribution in [3.05, 3.63) is 65.7 Å². The summed E-state index contributed by atoms with van der Waals surface area (Å²) in [7, 11) is 0. The van der Waals surface area contributed by atoms with E-state index in [2.05, 4.69) is 17.6 Å². The van der Waals surface area contributed by atoms with Crippen molar-refractivity contribution >= 4 is 23.8 Å². The quantitative estimate of drug-likeness (QED) is 0.235. The molecule has 4 amide bonds. The number of phenolic OH excluding ortho intramolecular Hbond substituents is 1. The number of aromatic hydroxyl groups is 1. The number of phenols is 1. The van der Waals surface area contributed by atoms with E-state index in [9.17, 15) is 24.3 Å². The molecule has 0 saturated carbocycles. The van der Waals surface area contributed by atoms with Gasteiger partial charge in [0.25, 0.3) is 0 Å². The minimum Gasteiger partial charge on any atom is -0.508 e. The average molecular weight is 569 g/mol. The number of ether oxygens (including phenoxy) is 1. The van der Waals surface area contributed by atoms with Gasteiger partial charge in [-0.1, -0.05) is 75.1 Å². The Morgan fingerprint density at radius 3 is 2.17 bits per heavy atom. The first-order chi connectivity index (χ1) is 19.4. The number of hydrogen-bond acceptors (Lipinski definition) is 6. The SMILES string of the molecule is CCCCCCCN(C(=O)C(CC(N)=O)NC(=O)OC(C)(C)C)C(C(=O)NCc1ccccc1)c1ccc(O)cc1. The fourth-order valence-corrected chi connectivity index (χ4v) is 4.31. The molecule has 41 heavy (non-hydrogen) atoms. The van der Waals surface area contributed by atoms with Gasteiger partial charge in [0.2, 0.25) is 17.7 Å². The summed E-state index contributed by atoms with van der Waals surface area (Å²) in [5, 5.41) is 15.3. The molecule has 5 N–H and O–H groups in total. The van der Waals surface area contributed by atoms with Crippen LogP contribution >= 0.6 is 0 Å². The van der Waals surface area contributed by atoms with Crippen LogP contribution in [0.3, 0.4) is 0 Å². The topological polar surface area (TPSA) is 151 Å². The summed E-state index contributed by atoms with van der Waals surface area (Å²) in [6.07, 6.45) is 3.11. The molecule has 2 rings (SSSR count). The van der Waals surface area contributed by atoms with E-state index in [4.69, 9.17) is 10.5 Å². The first kappa shape index (κ1) is 33.1. The van der Waals surface area contributed by atoms with Crippen molar-refractivity contribution in [1.82, 2.24) is 15.5 Å². The molecular formula is C31H44N4O6. The van der Waals surface area contributed by atoms with Crippen molar-refractivity contribution in [1.29, 1.82) is 0 Å². The van der Waals surface area contributed by atoms with E-state index in [1.807, 2.05) is 30.3 Å². The Bertz CT molecular complexity index is 1130. The number of unbranched alkanes of at least 4 members (excludes halogenated alkanes) is 4. The molecule has 0 aliphatic rings. The number of amides is 4. The molecule has 0 heterocycles. The van der Waals surface area contributed by atoms with Crippen molar-refractivity contribution < 1.29 is 29.0 Å². The van der Waals surface area contributed by atoms with Crippen LogP contribution < -0.4 is 16.4 Å². The predicted octanol–water partition coefficient (Wildman–Crippen LogP) is 4.32. The van der Waals surface area contributed by atoms with Crippen LogP contribution in [0.1, 0.15) is 83.4 Å². The highest BCUT2D eigenvalue weighted by Gasteiger charge is 2.36. The second-order valence-corrected chi connectivity index (χ2v) is 11.0. The van der Waals surface area contributed by atoms with E-state index in [0.717, 1.165) is 31.2 Å². The van der Waals surface area contributed by atoms with Crippen molar-refractivity contribution in [2.24, 2.45) is 5.73 Å². The number of benzene rings is 2. The zero-order chi connectivity index (χ0) is 30.4. The summed E-state index contributed by atoms with van der Waals surface area (Å²) in [5.41, 5.74) is 5.96. The number of rotatable bonds is 15. The van der Waals surface area contributed by atoms with Crippen molar-refractivity contribution in [3.63, 3.8) is 0 Å². The Kier molecular flexibility index (Phi) is 13.1. The molecule has 0 radical (unpaired) electrons. The van der Waals surface area contributed by atoms with Gasteiger partial charge in [0.15, 0.2) is 0 Å². The fourth-order valence-electron chi connectivity index (χ4n) is 4.31. The molecule has 0 spiro atoms.